The molecule has 1 amide bonds. The van der Waals surface area contributed by atoms with Crippen LogP contribution in [0.4, 0.5) is 5.95 Å². The number of nitrogens with zero attached hydrogens (tertiary/aromatic N) is 4. The first-order valence-electron chi connectivity index (χ1n) is 14.3. The summed E-state index contributed by atoms with van der Waals surface area (Å²) in [5.41, 5.74) is 5.01. The number of hydrogen-bond acceptors (Lipinski definition) is 7. The third kappa shape index (κ3) is 5.15. The van der Waals surface area contributed by atoms with Gasteiger partial charge in [0.2, 0.25) is 11.9 Å². The second-order valence-corrected chi connectivity index (χ2v) is 11.4. The number of aliphatic hydroxyl groups excluding tert-OH is 1. The van der Waals surface area contributed by atoms with E-state index in [1.165, 1.54) is 0 Å². The van der Waals surface area contributed by atoms with E-state index in [0.717, 1.165) is 66.4 Å². The summed E-state index contributed by atoms with van der Waals surface area (Å²) in [5.74, 6) is 1.14. The van der Waals surface area contributed by atoms with E-state index in [4.69, 9.17) is 14.6 Å². The van der Waals surface area contributed by atoms with Gasteiger partial charge in [0.25, 0.3) is 0 Å². The zero-order chi connectivity index (χ0) is 27.0. The first-order chi connectivity index (χ1) is 19.0. The van der Waals surface area contributed by atoms with Gasteiger partial charge in [0.05, 0.1) is 43.1 Å². The summed E-state index contributed by atoms with van der Waals surface area (Å²) in [5, 5.41) is 18.3. The van der Waals surface area contributed by atoms with E-state index < -0.39 is 0 Å². The summed E-state index contributed by atoms with van der Waals surface area (Å²) in [4.78, 5) is 20.0. The van der Waals surface area contributed by atoms with Crippen LogP contribution in [0.5, 0.6) is 0 Å². The Morgan fingerprint density at radius 3 is 2.56 bits per heavy atom. The predicted octanol–water partition coefficient (Wildman–Crippen LogP) is 3.75. The minimum Gasteiger partial charge on any atom is -0.393 e. The van der Waals surface area contributed by atoms with Crippen molar-refractivity contribution in [1.29, 1.82) is 0 Å². The van der Waals surface area contributed by atoms with Gasteiger partial charge in [-0.1, -0.05) is 24.3 Å². The van der Waals surface area contributed by atoms with Crippen LogP contribution < -0.4 is 5.32 Å². The van der Waals surface area contributed by atoms with Crippen LogP contribution in [0.25, 0.3) is 16.6 Å². The molecule has 3 aliphatic rings. The van der Waals surface area contributed by atoms with Crippen molar-refractivity contribution >= 4 is 17.4 Å². The molecule has 0 radical (unpaired) electrons. The fraction of sp³-hybridized carbons (Fsp3) is 0.567. The molecule has 1 atom stereocenters. The van der Waals surface area contributed by atoms with Gasteiger partial charge in [0.15, 0.2) is 0 Å². The molecule has 0 spiro atoms. The summed E-state index contributed by atoms with van der Waals surface area (Å²) in [6.07, 6.45) is 6.97. The molecule has 3 heterocycles. The highest BCUT2D eigenvalue weighted by molar-refractivity contribution is 5.92. The Labute approximate surface area is 229 Å². The van der Waals surface area contributed by atoms with Crippen molar-refractivity contribution in [2.24, 2.45) is 0 Å². The van der Waals surface area contributed by atoms with Crippen molar-refractivity contribution in [2.45, 2.75) is 68.9 Å². The number of rotatable bonds is 8. The van der Waals surface area contributed by atoms with E-state index >= 15 is 0 Å². The van der Waals surface area contributed by atoms with E-state index in [1.807, 2.05) is 22.5 Å². The van der Waals surface area contributed by atoms with Gasteiger partial charge >= 0.3 is 0 Å². The van der Waals surface area contributed by atoms with Crippen LogP contribution in [-0.4, -0.2) is 82.7 Å². The third-order valence-corrected chi connectivity index (χ3v) is 8.66. The molecule has 3 aromatic rings. The highest BCUT2D eigenvalue weighted by Gasteiger charge is 2.53. The number of carbonyl (C=O) groups excluding carboxylic acids is 1. The molecule has 1 aromatic carbocycles. The first kappa shape index (κ1) is 26.2. The SMILES string of the molecule is COC[C@H](C)Nc1ncc2c(-c3ccc(C4(C(=O)N5CCOCC5)CC4)cc3)cc(C3CCC(O)CC3)n2n1. The minimum atomic E-state index is -0.380. The van der Waals surface area contributed by atoms with Crippen LogP contribution in [-0.2, 0) is 19.7 Å². The number of benzene rings is 1. The number of amides is 1. The molecule has 2 aliphatic carbocycles. The molecular formula is C30H39N5O4. The number of methoxy groups -OCH3 is 1. The highest BCUT2D eigenvalue weighted by Crippen LogP contribution is 2.50. The van der Waals surface area contributed by atoms with Crippen LogP contribution in [0.1, 0.15) is 62.6 Å². The highest BCUT2D eigenvalue weighted by atomic mass is 16.5. The van der Waals surface area contributed by atoms with Crippen LogP contribution >= 0.6 is 0 Å². The zero-order valence-corrected chi connectivity index (χ0v) is 22.9. The molecule has 9 nitrogen and oxygen atoms in total. The summed E-state index contributed by atoms with van der Waals surface area (Å²) < 4.78 is 12.7. The van der Waals surface area contributed by atoms with Crippen LogP contribution in [0.2, 0.25) is 0 Å². The fourth-order valence-corrected chi connectivity index (χ4v) is 6.28. The molecule has 1 saturated heterocycles. The topological polar surface area (TPSA) is 101 Å². The molecule has 2 aromatic heterocycles. The van der Waals surface area contributed by atoms with Gasteiger partial charge in [0, 0.05) is 43.4 Å². The van der Waals surface area contributed by atoms with Crippen molar-refractivity contribution in [3.8, 4) is 11.1 Å². The summed E-state index contributed by atoms with van der Waals surface area (Å²) in [6.45, 7) is 5.20. The molecule has 3 fully saturated rings. The van der Waals surface area contributed by atoms with Crippen LogP contribution in [0, 0.1) is 0 Å². The molecule has 0 bridgehead atoms. The first-order valence-corrected chi connectivity index (χ1v) is 14.3. The van der Waals surface area contributed by atoms with Crippen molar-refractivity contribution in [3.05, 3.63) is 47.8 Å². The monoisotopic (exact) mass is 533 g/mol. The number of carbonyl (C=O) groups is 1. The zero-order valence-electron chi connectivity index (χ0n) is 22.9. The van der Waals surface area contributed by atoms with Crippen molar-refractivity contribution in [2.75, 3.05) is 45.3 Å². The lowest BCUT2D eigenvalue weighted by atomic mass is 9.85. The maximum absolute atomic E-state index is 13.4. The number of anilines is 1. The van der Waals surface area contributed by atoms with Crippen molar-refractivity contribution in [1.82, 2.24) is 19.5 Å². The fourth-order valence-electron chi connectivity index (χ4n) is 6.28. The second-order valence-electron chi connectivity index (χ2n) is 11.4. The van der Waals surface area contributed by atoms with E-state index in [1.54, 1.807) is 7.11 Å². The Kier molecular flexibility index (Phi) is 7.31. The van der Waals surface area contributed by atoms with Gasteiger partial charge in [0.1, 0.15) is 0 Å². The Morgan fingerprint density at radius 1 is 1.18 bits per heavy atom. The summed E-state index contributed by atoms with van der Waals surface area (Å²) in [6, 6.07) is 10.9. The second kappa shape index (κ2) is 10.9. The minimum absolute atomic E-state index is 0.0817. The predicted molar refractivity (Wildman–Crippen MR) is 149 cm³/mol. The lowest BCUT2D eigenvalue weighted by molar-refractivity contribution is -0.138. The van der Waals surface area contributed by atoms with Crippen molar-refractivity contribution < 1.29 is 19.4 Å². The molecule has 1 aliphatic heterocycles. The molecule has 39 heavy (non-hydrogen) atoms. The number of hydrogen-bond donors (Lipinski definition) is 2. The van der Waals surface area contributed by atoms with E-state index in [2.05, 4.69) is 40.6 Å². The van der Waals surface area contributed by atoms with Crippen LogP contribution in [0.3, 0.4) is 0 Å². The standard InChI is InChI=1S/C30H39N5O4/c1-20(19-38-2)32-29-31-18-27-25(17-26(35(27)33-29)22-5-9-24(36)10-6-22)21-3-7-23(8-4-21)30(11-12-30)28(37)34-13-15-39-16-14-34/h3-4,7-8,17-18,20,22,24,36H,5-6,9-16,19H2,1-2H3,(H,32,33)/t20-,22?,24?/m0/s1. The molecule has 2 saturated carbocycles. The van der Waals surface area contributed by atoms with Gasteiger partial charge in [-0.05, 0) is 62.6 Å². The Hall–Kier alpha value is -3.01. The van der Waals surface area contributed by atoms with Gasteiger partial charge in [-0.3, -0.25) is 4.79 Å². The summed E-state index contributed by atoms with van der Waals surface area (Å²) >= 11 is 0. The van der Waals surface area contributed by atoms with Crippen molar-refractivity contribution in [3.63, 3.8) is 0 Å². The largest absolute Gasteiger partial charge is 0.393 e. The average Bonchev–Trinajstić information content (AvgIpc) is 3.69. The molecule has 6 rings (SSSR count). The molecule has 2 N–H and O–H groups in total. The Morgan fingerprint density at radius 2 is 1.90 bits per heavy atom. The molecule has 208 valence electrons. The smallest absolute Gasteiger partial charge is 0.241 e. The van der Waals surface area contributed by atoms with Gasteiger partial charge in [-0.2, -0.15) is 0 Å². The summed E-state index contributed by atoms with van der Waals surface area (Å²) in [7, 11) is 1.69. The number of ether oxygens (including phenoxy) is 2. The van der Waals surface area contributed by atoms with Gasteiger partial charge in [-0.15, -0.1) is 5.10 Å². The van der Waals surface area contributed by atoms with Gasteiger partial charge < -0.3 is 24.8 Å². The maximum atomic E-state index is 13.4. The van der Waals surface area contributed by atoms with Crippen LogP contribution in [0.15, 0.2) is 36.5 Å². The van der Waals surface area contributed by atoms with E-state index in [0.29, 0.717) is 44.8 Å². The lowest BCUT2D eigenvalue weighted by Crippen LogP contribution is -2.45. The molecular weight excluding hydrogens is 494 g/mol. The number of morpholine rings is 1. The Bertz CT molecular complexity index is 1300. The quantitative estimate of drug-likeness (QED) is 0.455. The normalized spacial score (nSPS) is 23.5. The lowest BCUT2D eigenvalue weighted by Gasteiger charge is -2.30. The third-order valence-electron chi connectivity index (χ3n) is 8.66. The molecule has 9 heteroatoms. The maximum Gasteiger partial charge on any atom is 0.241 e. The number of aliphatic hydroxyl groups is 1. The van der Waals surface area contributed by atoms with E-state index in [-0.39, 0.29) is 23.5 Å². The average molecular weight is 534 g/mol. The Balaban J connectivity index is 1.32. The van der Waals surface area contributed by atoms with Gasteiger partial charge in [-0.25, -0.2) is 9.50 Å². The number of aromatic nitrogens is 3. The number of fused-ring (bicyclic) bond motifs is 1. The number of nitrogens with one attached hydrogen (secondary N) is 1. The van der Waals surface area contributed by atoms with E-state index in [9.17, 15) is 9.90 Å². The molecule has 0 unspecified atom stereocenters.